The summed E-state index contributed by atoms with van der Waals surface area (Å²) in [7, 11) is 0. The number of amides is 2. The first-order chi connectivity index (χ1) is 7.90. The topological polar surface area (TPSA) is 91.3 Å². The Morgan fingerprint density at radius 1 is 1.41 bits per heavy atom. The molecule has 6 nitrogen and oxygen atoms in total. The molecule has 0 saturated heterocycles. The number of hydrogen-bond donors (Lipinski definition) is 3. The van der Waals surface area contributed by atoms with E-state index < -0.39 is 17.9 Å². The third-order valence-corrected chi connectivity index (χ3v) is 3.00. The number of thiazole rings is 1. The van der Waals surface area contributed by atoms with E-state index in [1.54, 1.807) is 0 Å². The van der Waals surface area contributed by atoms with Crippen molar-refractivity contribution in [2.45, 2.75) is 26.9 Å². The molecule has 0 aliphatic carbocycles. The molecule has 94 valence electrons. The molecule has 3 N–H and O–H groups in total. The van der Waals surface area contributed by atoms with Gasteiger partial charge in [-0.25, -0.2) is 4.98 Å². The largest absolute Gasteiger partial charge is 0.392 e. The van der Waals surface area contributed by atoms with Crippen LogP contribution in [-0.2, 0) is 9.59 Å². The Labute approximate surface area is 103 Å². The standard InChI is InChI=1S/C10H15N3O3S/c1-5(14)4-11-8(15)9(16)13-10-12-6(2)7(3)17-10/h5,14H,4H2,1-3H3,(H,11,15)(H,12,13,16). The Balaban J connectivity index is 2.51. The van der Waals surface area contributed by atoms with E-state index >= 15 is 0 Å². The van der Waals surface area contributed by atoms with E-state index in [0.29, 0.717) is 5.13 Å². The lowest BCUT2D eigenvalue weighted by Crippen LogP contribution is -2.38. The van der Waals surface area contributed by atoms with Crippen molar-refractivity contribution in [3.63, 3.8) is 0 Å². The summed E-state index contributed by atoms with van der Waals surface area (Å²) in [5.74, 6) is -1.56. The Hall–Kier alpha value is -1.47. The molecule has 1 unspecified atom stereocenters. The van der Waals surface area contributed by atoms with Gasteiger partial charge in [-0.1, -0.05) is 0 Å². The van der Waals surface area contributed by atoms with Crippen LogP contribution in [0.2, 0.25) is 0 Å². The average Bonchev–Trinajstić information content (AvgIpc) is 2.54. The Bertz CT molecular complexity index is 409. The van der Waals surface area contributed by atoms with Crippen LogP contribution in [0.5, 0.6) is 0 Å². The predicted octanol–water partition coefficient (Wildman–Crippen LogP) is 0.195. The molecule has 0 saturated carbocycles. The minimum absolute atomic E-state index is 0.0438. The van der Waals surface area contributed by atoms with Crippen LogP contribution in [0.3, 0.4) is 0 Å². The summed E-state index contributed by atoms with van der Waals surface area (Å²) >= 11 is 1.31. The number of rotatable bonds is 3. The molecule has 1 aromatic rings. The number of carbonyl (C=O) groups is 2. The molecule has 17 heavy (non-hydrogen) atoms. The number of anilines is 1. The maximum atomic E-state index is 11.4. The second-order valence-electron chi connectivity index (χ2n) is 3.67. The van der Waals surface area contributed by atoms with E-state index in [9.17, 15) is 9.59 Å². The number of carbonyl (C=O) groups excluding carboxylic acids is 2. The van der Waals surface area contributed by atoms with Crippen LogP contribution in [0.25, 0.3) is 0 Å². The number of aromatic nitrogens is 1. The summed E-state index contributed by atoms with van der Waals surface area (Å²) in [4.78, 5) is 27.8. The van der Waals surface area contributed by atoms with Crippen LogP contribution in [0.1, 0.15) is 17.5 Å². The van der Waals surface area contributed by atoms with Gasteiger partial charge in [0.1, 0.15) is 0 Å². The number of nitrogens with zero attached hydrogens (tertiary/aromatic N) is 1. The second kappa shape index (κ2) is 5.74. The van der Waals surface area contributed by atoms with E-state index in [0.717, 1.165) is 10.6 Å². The molecule has 0 aliphatic rings. The molecule has 1 heterocycles. The van der Waals surface area contributed by atoms with Crippen molar-refractivity contribution in [1.82, 2.24) is 10.3 Å². The highest BCUT2D eigenvalue weighted by molar-refractivity contribution is 7.15. The molecule has 0 spiro atoms. The van der Waals surface area contributed by atoms with Crippen molar-refractivity contribution in [2.75, 3.05) is 11.9 Å². The van der Waals surface area contributed by atoms with Gasteiger partial charge < -0.3 is 10.4 Å². The van der Waals surface area contributed by atoms with Gasteiger partial charge >= 0.3 is 11.8 Å². The van der Waals surface area contributed by atoms with Gasteiger partial charge in [0.15, 0.2) is 5.13 Å². The van der Waals surface area contributed by atoms with Gasteiger partial charge in [-0.2, -0.15) is 0 Å². The Morgan fingerprint density at radius 3 is 2.53 bits per heavy atom. The zero-order valence-electron chi connectivity index (χ0n) is 9.90. The van der Waals surface area contributed by atoms with Crippen molar-refractivity contribution in [1.29, 1.82) is 0 Å². The molecule has 2 amide bonds. The molecule has 7 heteroatoms. The zero-order chi connectivity index (χ0) is 13.0. The molecule has 0 aliphatic heterocycles. The van der Waals surface area contributed by atoms with Crippen molar-refractivity contribution >= 4 is 28.3 Å². The van der Waals surface area contributed by atoms with Crippen LogP contribution >= 0.6 is 11.3 Å². The minimum Gasteiger partial charge on any atom is -0.392 e. The van der Waals surface area contributed by atoms with E-state index in [-0.39, 0.29) is 6.54 Å². The van der Waals surface area contributed by atoms with Gasteiger partial charge in [0.25, 0.3) is 0 Å². The maximum absolute atomic E-state index is 11.4. The smallest absolute Gasteiger partial charge is 0.315 e. The SMILES string of the molecule is Cc1nc(NC(=O)C(=O)NCC(C)O)sc1C. The van der Waals surface area contributed by atoms with Crippen molar-refractivity contribution in [3.8, 4) is 0 Å². The lowest BCUT2D eigenvalue weighted by molar-refractivity contribution is -0.136. The Kier molecular flexibility index (Phi) is 4.59. The zero-order valence-corrected chi connectivity index (χ0v) is 10.7. The van der Waals surface area contributed by atoms with E-state index in [1.165, 1.54) is 18.3 Å². The average molecular weight is 257 g/mol. The van der Waals surface area contributed by atoms with Crippen LogP contribution < -0.4 is 10.6 Å². The van der Waals surface area contributed by atoms with Crippen LogP contribution in [-0.4, -0.2) is 34.6 Å². The van der Waals surface area contributed by atoms with Crippen molar-refractivity contribution in [2.24, 2.45) is 0 Å². The number of aryl methyl sites for hydroxylation is 2. The molecule has 1 aromatic heterocycles. The number of hydrogen-bond acceptors (Lipinski definition) is 5. The third-order valence-electron chi connectivity index (χ3n) is 2.01. The molecule has 1 rings (SSSR count). The number of aliphatic hydroxyl groups is 1. The first-order valence-corrected chi connectivity index (χ1v) is 5.93. The van der Waals surface area contributed by atoms with Gasteiger partial charge in [-0.15, -0.1) is 11.3 Å². The normalized spacial score (nSPS) is 12.0. The predicted molar refractivity (Wildman–Crippen MR) is 64.9 cm³/mol. The van der Waals surface area contributed by atoms with E-state index in [2.05, 4.69) is 15.6 Å². The maximum Gasteiger partial charge on any atom is 0.315 e. The van der Waals surface area contributed by atoms with Gasteiger partial charge in [0, 0.05) is 11.4 Å². The summed E-state index contributed by atoms with van der Waals surface area (Å²) in [6.07, 6.45) is -0.684. The highest BCUT2D eigenvalue weighted by atomic mass is 32.1. The first kappa shape index (κ1) is 13.6. The van der Waals surface area contributed by atoms with Crippen molar-refractivity contribution < 1.29 is 14.7 Å². The van der Waals surface area contributed by atoms with Gasteiger partial charge in [0.05, 0.1) is 11.8 Å². The molecule has 0 fully saturated rings. The van der Waals surface area contributed by atoms with Gasteiger partial charge in [-0.3, -0.25) is 14.9 Å². The summed E-state index contributed by atoms with van der Waals surface area (Å²) < 4.78 is 0. The third kappa shape index (κ3) is 4.12. The summed E-state index contributed by atoms with van der Waals surface area (Å²) in [6.45, 7) is 5.28. The minimum atomic E-state index is -0.781. The monoisotopic (exact) mass is 257 g/mol. The number of aliphatic hydroxyl groups excluding tert-OH is 1. The molecular formula is C10H15N3O3S. The summed E-state index contributed by atoms with van der Waals surface area (Å²) in [5.41, 5.74) is 0.828. The van der Waals surface area contributed by atoms with Crippen LogP contribution in [0.4, 0.5) is 5.13 Å². The molecule has 1 atom stereocenters. The second-order valence-corrected chi connectivity index (χ2v) is 4.88. The molecular weight excluding hydrogens is 242 g/mol. The van der Waals surface area contributed by atoms with Crippen LogP contribution in [0, 0.1) is 13.8 Å². The van der Waals surface area contributed by atoms with Gasteiger partial charge in [0.2, 0.25) is 0 Å². The molecule has 0 aromatic carbocycles. The fourth-order valence-electron chi connectivity index (χ4n) is 1.00. The summed E-state index contributed by atoms with van der Waals surface area (Å²) in [5, 5.41) is 14.1. The first-order valence-electron chi connectivity index (χ1n) is 5.11. The lowest BCUT2D eigenvalue weighted by Gasteiger charge is -2.05. The fourth-order valence-corrected chi connectivity index (χ4v) is 1.81. The number of nitrogens with one attached hydrogen (secondary N) is 2. The Morgan fingerprint density at radius 2 is 2.06 bits per heavy atom. The van der Waals surface area contributed by atoms with Crippen LogP contribution in [0.15, 0.2) is 0 Å². The van der Waals surface area contributed by atoms with E-state index in [4.69, 9.17) is 5.11 Å². The molecule has 0 bridgehead atoms. The van der Waals surface area contributed by atoms with Crippen molar-refractivity contribution in [3.05, 3.63) is 10.6 Å². The van der Waals surface area contributed by atoms with E-state index in [1.807, 2.05) is 13.8 Å². The lowest BCUT2D eigenvalue weighted by atomic mass is 10.4. The molecule has 0 radical (unpaired) electrons. The summed E-state index contributed by atoms with van der Waals surface area (Å²) in [6, 6.07) is 0. The fraction of sp³-hybridized carbons (Fsp3) is 0.500. The quantitative estimate of drug-likeness (QED) is 0.674. The van der Waals surface area contributed by atoms with Gasteiger partial charge in [-0.05, 0) is 20.8 Å². The highest BCUT2D eigenvalue weighted by Crippen LogP contribution is 2.20. The highest BCUT2D eigenvalue weighted by Gasteiger charge is 2.15.